The van der Waals surface area contributed by atoms with E-state index in [2.05, 4.69) is 23.6 Å². The molecule has 0 aromatic heterocycles. The van der Waals surface area contributed by atoms with Gasteiger partial charge in [-0.3, -0.25) is 4.90 Å². The summed E-state index contributed by atoms with van der Waals surface area (Å²) in [7, 11) is 0. The fourth-order valence-electron chi connectivity index (χ4n) is 1.80. The molecule has 3 heteroatoms. The average molecular weight is 219 g/mol. The first kappa shape index (κ1) is 12.3. The van der Waals surface area contributed by atoms with E-state index in [4.69, 9.17) is 11.6 Å². The smallest absolute Gasteiger partial charge is 0.0351 e. The minimum atomic E-state index is 0.770. The predicted molar refractivity (Wildman–Crippen MR) is 63.1 cm³/mol. The highest BCUT2D eigenvalue weighted by molar-refractivity contribution is 6.18. The second kappa shape index (κ2) is 6.65. The third-order valence-electron chi connectivity index (χ3n) is 2.89. The van der Waals surface area contributed by atoms with Crippen molar-refractivity contribution in [1.82, 2.24) is 9.80 Å². The van der Waals surface area contributed by atoms with Crippen molar-refractivity contribution in [3.8, 4) is 0 Å². The van der Waals surface area contributed by atoms with E-state index in [0.29, 0.717) is 0 Å². The van der Waals surface area contributed by atoms with Crippen molar-refractivity contribution in [2.75, 3.05) is 45.1 Å². The maximum atomic E-state index is 5.72. The normalized spacial score (nSPS) is 20.6. The Balaban J connectivity index is 2.09. The summed E-state index contributed by atoms with van der Waals surface area (Å²) >= 11 is 5.72. The van der Waals surface area contributed by atoms with Gasteiger partial charge in [0.2, 0.25) is 0 Å². The summed E-state index contributed by atoms with van der Waals surface area (Å²) in [6.45, 7) is 11.8. The first-order valence-electron chi connectivity index (χ1n) is 5.73. The lowest BCUT2D eigenvalue weighted by atomic mass is 10.1. The molecule has 0 aromatic rings. The van der Waals surface area contributed by atoms with Gasteiger partial charge in [0.25, 0.3) is 0 Å². The van der Waals surface area contributed by atoms with Gasteiger partial charge in [0.15, 0.2) is 0 Å². The summed E-state index contributed by atoms with van der Waals surface area (Å²) in [4.78, 5) is 5.03. The molecule has 0 aromatic carbocycles. The molecule has 84 valence electrons. The first-order valence-corrected chi connectivity index (χ1v) is 6.26. The van der Waals surface area contributed by atoms with Crippen LogP contribution in [0.2, 0.25) is 0 Å². The molecule has 0 unspecified atom stereocenters. The van der Waals surface area contributed by atoms with E-state index in [1.807, 2.05) is 0 Å². The highest BCUT2D eigenvalue weighted by Gasteiger charge is 2.15. The molecule has 0 spiro atoms. The number of alkyl halides is 1. The topological polar surface area (TPSA) is 6.48 Å². The van der Waals surface area contributed by atoms with Crippen LogP contribution in [-0.4, -0.2) is 54.9 Å². The number of hydrogen-bond acceptors (Lipinski definition) is 2. The molecule has 0 N–H and O–H groups in total. The molecule has 1 fully saturated rings. The zero-order valence-corrected chi connectivity index (χ0v) is 10.3. The first-order chi connectivity index (χ1) is 6.72. The van der Waals surface area contributed by atoms with Crippen LogP contribution in [0.15, 0.2) is 0 Å². The molecule has 0 radical (unpaired) electrons. The maximum absolute atomic E-state index is 5.72. The van der Waals surface area contributed by atoms with E-state index in [0.717, 1.165) is 18.3 Å². The van der Waals surface area contributed by atoms with Crippen LogP contribution in [0.1, 0.15) is 20.3 Å². The van der Waals surface area contributed by atoms with Gasteiger partial charge in [-0.05, 0) is 18.9 Å². The largest absolute Gasteiger partial charge is 0.301 e. The lowest BCUT2D eigenvalue weighted by molar-refractivity contribution is 0.133. The quantitative estimate of drug-likeness (QED) is 0.651. The van der Waals surface area contributed by atoms with Crippen molar-refractivity contribution in [3.05, 3.63) is 0 Å². The summed E-state index contributed by atoms with van der Waals surface area (Å²) in [5.41, 5.74) is 0. The van der Waals surface area contributed by atoms with Gasteiger partial charge in [0.1, 0.15) is 0 Å². The van der Waals surface area contributed by atoms with Crippen molar-refractivity contribution < 1.29 is 0 Å². The van der Waals surface area contributed by atoms with Crippen LogP contribution in [0.4, 0.5) is 0 Å². The standard InChI is InChI=1S/C11H23ClN2/c1-11(2)3-5-13-7-9-14(6-4-12)10-8-13/h11H,3-10H2,1-2H3. The van der Waals surface area contributed by atoms with Gasteiger partial charge in [-0.15, -0.1) is 11.6 Å². The van der Waals surface area contributed by atoms with Crippen LogP contribution in [0.25, 0.3) is 0 Å². The monoisotopic (exact) mass is 218 g/mol. The summed E-state index contributed by atoms with van der Waals surface area (Å²) in [5.74, 6) is 1.60. The molecule has 1 saturated heterocycles. The predicted octanol–water partition coefficient (Wildman–Crippen LogP) is 1.89. The molecule has 1 aliphatic heterocycles. The molecule has 0 aliphatic carbocycles. The van der Waals surface area contributed by atoms with Crippen molar-refractivity contribution in [1.29, 1.82) is 0 Å². The zero-order chi connectivity index (χ0) is 10.4. The number of halogens is 1. The fourth-order valence-corrected chi connectivity index (χ4v) is 2.04. The van der Waals surface area contributed by atoms with Crippen molar-refractivity contribution in [2.24, 2.45) is 5.92 Å². The van der Waals surface area contributed by atoms with E-state index in [9.17, 15) is 0 Å². The molecule has 0 bridgehead atoms. The van der Waals surface area contributed by atoms with E-state index in [1.54, 1.807) is 0 Å². The van der Waals surface area contributed by atoms with Crippen LogP contribution in [0, 0.1) is 5.92 Å². The van der Waals surface area contributed by atoms with Crippen LogP contribution in [0.3, 0.4) is 0 Å². The zero-order valence-electron chi connectivity index (χ0n) is 9.51. The summed E-state index contributed by atoms with van der Waals surface area (Å²) in [5, 5.41) is 0. The van der Waals surface area contributed by atoms with Crippen molar-refractivity contribution in [3.63, 3.8) is 0 Å². The highest BCUT2D eigenvalue weighted by Crippen LogP contribution is 2.06. The van der Waals surface area contributed by atoms with E-state index in [1.165, 1.54) is 39.1 Å². The molecule has 1 heterocycles. The Morgan fingerprint density at radius 3 is 1.93 bits per heavy atom. The summed E-state index contributed by atoms with van der Waals surface area (Å²) in [6, 6.07) is 0. The van der Waals surface area contributed by atoms with Crippen LogP contribution in [0.5, 0.6) is 0 Å². The Morgan fingerprint density at radius 2 is 1.50 bits per heavy atom. The van der Waals surface area contributed by atoms with E-state index < -0.39 is 0 Å². The Labute approximate surface area is 93.2 Å². The molecule has 1 rings (SSSR count). The van der Waals surface area contributed by atoms with Crippen LogP contribution in [-0.2, 0) is 0 Å². The lowest BCUT2D eigenvalue weighted by Crippen LogP contribution is -2.47. The fraction of sp³-hybridized carbons (Fsp3) is 1.00. The molecule has 0 atom stereocenters. The minimum Gasteiger partial charge on any atom is -0.301 e. The average Bonchev–Trinajstić information content (AvgIpc) is 2.17. The van der Waals surface area contributed by atoms with Gasteiger partial charge in [0.05, 0.1) is 0 Å². The maximum Gasteiger partial charge on any atom is 0.0351 e. The molecular weight excluding hydrogens is 196 g/mol. The number of hydrogen-bond donors (Lipinski definition) is 0. The Kier molecular flexibility index (Phi) is 5.83. The van der Waals surface area contributed by atoms with Gasteiger partial charge >= 0.3 is 0 Å². The lowest BCUT2D eigenvalue weighted by Gasteiger charge is -2.34. The SMILES string of the molecule is CC(C)CCN1CCN(CCCl)CC1. The van der Waals surface area contributed by atoms with Gasteiger partial charge in [-0.1, -0.05) is 13.8 Å². The number of nitrogens with zero attached hydrogens (tertiary/aromatic N) is 2. The molecule has 0 saturated carbocycles. The molecular formula is C11H23ClN2. The minimum absolute atomic E-state index is 0.770. The van der Waals surface area contributed by atoms with Crippen molar-refractivity contribution >= 4 is 11.6 Å². The summed E-state index contributed by atoms with van der Waals surface area (Å²) < 4.78 is 0. The van der Waals surface area contributed by atoms with Crippen LogP contribution < -0.4 is 0 Å². The Hall–Kier alpha value is 0.210. The second-order valence-electron chi connectivity index (χ2n) is 4.55. The van der Waals surface area contributed by atoms with Crippen molar-refractivity contribution in [2.45, 2.75) is 20.3 Å². The molecule has 0 amide bonds. The van der Waals surface area contributed by atoms with E-state index in [-0.39, 0.29) is 0 Å². The van der Waals surface area contributed by atoms with Gasteiger partial charge in [0, 0.05) is 38.6 Å². The highest BCUT2D eigenvalue weighted by atomic mass is 35.5. The Morgan fingerprint density at radius 1 is 1.00 bits per heavy atom. The van der Waals surface area contributed by atoms with E-state index >= 15 is 0 Å². The second-order valence-corrected chi connectivity index (χ2v) is 4.93. The third-order valence-corrected chi connectivity index (χ3v) is 3.06. The number of piperazine rings is 1. The molecule has 14 heavy (non-hydrogen) atoms. The molecule has 2 nitrogen and oxygen atoms in total. The van der Waals surface area contributed by atoms with Gasteiger partial charge in [-0.25, -0.2) is 0 Å². The van der Waals surface area contributed by atoms with Gasteiger partial charge < -0.3 is 4.90 Å². The van der Waals surface area contributed by atoms with Crippen LogP contribution >= 0.6 is 11.6 Å². The molecule has 1 aliphatic rings. The third kappa shape index (κ3) is 4.63. The number of rotatable bonds is 5. The van der Waals surface area contributed by atoms with Gasteiger partial charge in [-0.2, -0.15) is 0 Å². The summed E-state index contributed by atoms with van der Waals surface area (Å²) in [6.07, 6.45) is 1.33. The Bertz CT molecular complexity index is 142.